The van der Waals surface area contributed by atoms with Crippen LogP contribution < -0.4 is 5.73 Å². The van der Waals surface area contributed by atoms with Crippen molar-refractivity contribution in [3.63, 3.8) is 0 Å². The normalized spacial score (nSPS) is 34.8. The minimum absolute atomic E-state index is 0.371. The van der Waals surface area contributed by atoms with Crippen molar-refractivity contribution in [2.75, 3.05) is 26.2 Å². The molecule has 0 spiro atoms. The summed E-state index contributed by atoms with van der Waals surface area (Å²) in [5.74, 6) is 0.371. The van der Waals surface area contributed by atoms with E-state index in [2.05, 4.69) is 17.9 Å². The van der Waals surface area contributed by atoms with Crippen LogP contribution in [0.3, 0.4) is 0 Å². The molecule has 1 saturated heterocycles. The van der Waals surface area contributed by atoms with E-state index in [0.29, 0.717) is 12.0 Å². The highest BCUT2D eigenvalue weighted by molar-refractivity contribution is 5.11. The van der Waals surface area contributed by atoms with E-state index in [0.717, 1.165) is 51.9 Å². The van der Waals surface area contributed by atoms with Crippen LogP contribution >= 0.6 is 0 Å². The van der Waals surface area contributed by atoms with E-state index in [1.807, 2.05) is 0 Å². The molecule has 1 saturated carbocycles. The van der Waals surface area contributed by atoms with Crippen LogP contribution in [-0.2, 0) is 4.74 Å². The smallest absolute Gasteiger partial charge is 0.107 e. The number of likely N-dealkylation sites (N-methyl/N-ethyl adjacent to an activating group) is 1. The summed E-state index contributed by atoms with van der Waals surface area (Å²) in [6.07, 6.45) is 6.94. The molecule has 108 valence electrons. The molecular formula is C15H27N3O. The molecule has 0 radical (unpaired) electrons. The number of ether oxygens (including phenoxy) is 1. The molecule has 1 aliphatic carbocycles. The quantitative estimate of drug-likeness (QED) is 0.796. The number of nitriles is 1. The first-order valence-electron chi connectivity index (χ1n) is 7.72. The monoisotopic (exact) mass is 265 g/mol. The summed E-state index contributed by atoms with van der Waals surface area (Å²) in [7, 11) is 0. The van der Waals surface area contributed by atoms with Gasteiger partial charge in [-0.2, -0.15) is 5.26 Å². The molecule has 4 heteroatoms. The van der Waals surface area contributed by atoms with Crippen molar-refractivity contribution >= 4 is 0 Å². The molecule has 1 aliphatic heterocycles. The number of hydrogen-bond acceptors (Lipinski definition) is 4. The Morgan fingerprint density at radius 1 is 1.42 bits per heavy atom. The van der Waals surface area contributed by atoms with Gasteiger partial charge in [-0.1, -0.05) is 13.3 Å². The zero-order valence-electron chi connectivity index (χ0n) is 12.1. The lowest BCUT2D eigenvalue weighted by Crippen LogP contribution is -2.43. The maximum absolute atomic E-state index is 9.24. The highest BCUT2D eigenvalue weighted by atomic mass is 16.5. The van der Waals surface area contributed by atoms with E-state index in [9.17, 15) is 5.26 Å². The van der Waals surface area contributed by atoms with E-state index in [4.69, 9.17) is 10.5 Å². The summed E-state index contributed by atoms with van der Waals surface area (Å²) >= 11 is 0. The molecule has 2 N–H and O–H groups in total. The predicted octanol–water partition coefficient (Wildman–Crippen LogP) is 1.90. The second-order valence-corrected chi connectivity index (χ2v) is 6.06. The molecule has 2 aliphatic rings. The fourth-order valence-corrected chi connectivity index (χ4v) is 3.44. The van der Waals surface area contributed by atoms with Gasteiger partial charge < -0.3 is 15.4 Å². The Hall–Kier alpha value is -0.630. The van der Waals surface area contributed by atoms with E-state index in [-0.39, 0.29) is 0 Å². The van der Waals surface area contributed by atoms with Crippen molar-refractivity contribution in [3.8, 4) is 6.07 Å². The minimum Gasteiger partial charge on any atom is -0.377 e. The van der Waals surface area contributed by atoms with Gasteiger partial charge in [0.2, 0.25) is 0 Å². The molecule has 3 atom stereocenters. The van der Waals surface area contributed by atoms with Crippen molar-refractivity contribution in [2.24, 2.45) is 11.7 Å². The predicted molar refractivity (Wildman–Crippen MR) is 75.6 cm³/mol. The van der Waals surface area contributed by atoms with Crippen LogP contribution in [0.15, 0.2) is 0 Å². The molecule has 3 unspecified atom stereocenters. The summed E-state index contributed by atoms with van der Waals surface area (Å²) in [4.78, 5) is 2.45. The summed E-state index contributed by atoms with van der Waals surface area (Å²) in [6.45, 7) is 6.25. The fraction of sp³-hybridized carbons (Fsp3) is 0.933. The van der Waals surface area contributed by atoms with Crippen LogP contribution in [-0.4, -0.2) is 42.8 Å². The minimum atomic E-state index is -0.566. The SMILES string of the molecule is CCN(CCC1CCCC1(N)C#N)CC1CCCO1. The van der Waals surface area contributed by atoms with Crippen LogP contribution in [0.25, 0.3) is 0 Å². The molecule has 0 bridgehead atoms. The average Bonchev–Trinajstić information content (AvgIpc) is 3.05. The Balaban J connectivity index is 1.77. The molecule has 4 nitrogen and oxygen atoms in total. The molecule has 0 aromatic rings. The molecule has 1 heterocycles. The lowest BCUT2D eigenvalue weighted by atomic mass is 9.87. The largest absolute Gasteiger partial charge is 0.377 e. The van der Waals surface area contributed by atoms with Crippen LogP contribution in [0.2, 0.25) is 0 Å². The molecule has 0 aromatic carbocycles. The first kappa shape index (κ1) is 14.8. The molecular weight excluding hydrogens is 238 g/mol. The van der Waals surface area contributed by atoms with Gasteiger partial charge in [0, 0.05) is 13.2 Å². The topological polar surface area (TPSA) is 62.3 Å². The van der Waals surface area contributed by atoms with Gasteiger partial charge in [0.15, 0.2) is 0 Å². The molecule has 2 rings (SSSR count). The van der Waals surface area contributed by atoms with E-state index < -0.39 is 5.54 Å². The number of rotatable bonds is 6. The van der Waals surface area contributed by atoms with E-state index in [1.54, 1.807) is 0 Å². The highest BCUT2D eigenvalue weighted by Crippen LogP contribution is 2.35. The van der Waals surface area contributed by atoms with Crippen molar-refractivity contribution in [1.82, 2.24) is 4.90 Å². The van der Waals surface area contributed by atoms with Crippen molar-refractivity contribution in [3.05, 3.63) is 0 Å². The zero-order chi connectivity index (χ0) is 13.7. The summed E-state index contributed by atoms with van der Waals surface area (Å²) in [6, 6.07) is 2.34. The van der Waals surface area contributed by atoms with E-state index >= 15 is 0 Å². The van der Waals surface area contributed by atoms with Crippen molar-refractivity contribution < 1.29 is 4.74 Å². The Labute approximate surface area is 116 Å². The van der Waals surface area contributed by atoms with Crippen LogP contribution in [0.1, 0.15) is 45.4 Å². The highest BCUT2D eigenvalue weighted by Gasteiger charge is 2.39. The molecule has 2 fully saturated rings. The van der Waals surface area contributed by atoms with Crippen LogP contribution in [0.5, 0.6) is 0 Å². The Bertz CT molecular complexity index is 322. The van der Waals surface area contributed by atoms with Crippen molar-refractivity contribution in [1.29, 1.82) is 5.26 Å². The van der Waals surface area contributed by atoms with Gasteiger partial charge in [-0.15, -0.1) is 0 Å². The second-order valence-electron chi connectivity index (χ2n) is 6.06. The zero-order valence-corrected chi connectivity index (χ0v) is 12.1. The molecule has 19 heavy (non-hydrogen) atoms. The Morgan fingerprint density at radius 3 is 2.89 bits per heavy atom. The summed E-state index contributed by atoms with van der Waals surface area (Å²) < 4.78 is 5.70. The lowest BCUT2D eigenvalue weighted by molar-refractivity contribution is 0.0723. The fourth-order valence-electron chi connectivity index (χ4n) is 3.44. The summed E-state index contributed by atoms with van der Waals surface area (Å²) in [5, 5.41) is 9.24. The third kappa shape index (κ3) is 3.68. The van der Waals surface area contributed by atoms with Gasteiger partial charge in [-0.25, -0.2) is 0 Å². The number of nitrogens with two attached hydrogens (primary N) is 1. The second kappa shape index (κ2) is 6.69. The first-order chi connectivity index (χ1) is 9.18. The maximum atomic E-state index is 9.24. The average molecular weight is 265 g/mol. The lowest BCUT2D eigenvalue weighted by Gasteiger charge is -2.28. The maximum Gasteiger partial charge on any atom is 0.107 e. The van der Waals surface area contributed by atoms with Crippen LogP contribution in [0, 0.1) is 17.2 Å². The number of nitrogens with zero attached hydrogens (tertiary/aromatic N) is 2. The van der Waals surface area contributed by atoms with E-state index in [1.165, 1.54) is 12.8 Å². The third-order valence-electron chi connectivity index (χ3n) is 4.81. The van der Waals surface area contributed by atoms with Gasteiger partial charge in [0.25, 0.3) is 0 Å². The Morgan fingerprint density at radius 2 is 2.26 bits per heavy atom. The first-order valence-corrected chi connectivity index (χ1v) is 7.72. The van der Waals surface area contributed by atoms with Gasteiger partial charge in [0.1, 0.15) is 5.54 Å². The standard InChI is InChI=1S/C15H27N3O/c1-2-18(11-14-6-4-10-19-14)9-7-13-5-3-8-15(13,17)12-16/h13-14H,2-11,17H2,1H3. The Kier molecular flexibility index (Phi) is 5.20. The third-order valence-corrected chi connectivity index (χ3v) is 4.81. The molecule has 0 amide bonds. The van der Waals surface area contributed by atoms with Crippen molar-refractivity contribution in [2.45, 2.75) is 57.1 Å². The summed E-state index contributed by atoms with van der Waals surface area (Å²) in [5.41, 5.74) is 5.62. The van der Waals surface area contributed by atoms with Crippen LogP contribution in [0.4, 0.5) is 0 Å². The van der Waals surface area contributed by atoms with Gasteiger partial charge in [0.05, 0.1) is 12.2 Å². The van der Waals surface area contributed by atoms with Gasteiger partial charge in [-0.05, 0) is 51.1 Å². The van der Waals surface area contributed by atoms with Gasteiger partial charge >= 0.3 is 0 Å². The number of hydrogen-bond donors (Lipinski definition) is 1. The molecule has 0 aromatic heterocycles. The van der Waals surface area contributed by atoms with Gasteiger partial charge in [-0.3, -0.25) is 0 Å².